The lowest BCUT2D eigenvalue weighted by atomic mass is 9.87. The van der Waals surface area contributed by atoms with Crippen molar-refractivity contribution in [2.24, 2.45) is 11.8 Å². The number of hydrogen-bond donors (Lipinski definition) is 0. The fourth-order valence-corrected chi connectivity index (χ4v) is 7.82. The van der Waals surface area contributed by atoms with Gasteiger partial charge in [0, 0.05) is 52.1 Å². The largest absolute Gasteiger partial charge is 0.466 e. The first-order valence-electron chi connectivity index (χ1n) is 21.7. The SMILES string of the molecule is CN(CCCN1CCN(CCCN(C)CCC(=O)OCCCCOC(=O)CC2CCCCC2)CC1)CCC(=O)OCCCCOC(=O)CC1CCCCC1. The van der Waals surface area contributed by atoms with Gasteiger partial charge in [0.25, 0.3) is 0 Å². The van der Waals surface area contributed by atoms with Crippen molar-refractivity contribution < 1.29 is 38.1 Å². The van der Waals surface area contributed by atoms with Gasteiger partial charge >= 0.3 is 23.9 Å². The summed E-state index contributed by atoms with van der Waals surface area (Å²) in [6.07, 6.45) is 19.0. The number of piperazine rings is 1. The van der Waals surface area contributed by atoms with E-state index in [0.29, 0.717) is 89.9 Å². The molecule has 0 aromatic carbocycles. The number of carbonyl (C=O) groups is 4. The molecule has 1 saturated heterocycles. The lowest BCUT2D eigenvalue weighted by Gasteiger charge is -2.35. The molecule has 0 N–H and O–H groups in total. The van der Waals surface area contributed by atoms with Crippen LogP contribution < -0.4 is 0 Å². The minimum atomic E-state index is -0.163. The van der Waals surface area contributed by atoms with Crippen LogP contribution in [0.15, 0.2) is 0 Å². The second-order valence-corrected chi connectivity index (χ2v) is 16.2. The molecule has 0 aromatic heterocycles. The smallest absolute Gasteiger partial charge is 0.307 e. The third-order valence-electron chi connectivity index (χ3n) is 11.4. The Balaban J connectivity index is 1.05. The molecule has 0 unspecified atom stereocenters. The van der Waals surface area contributed by atoms with Crippen molar-refractivity contribution in [2.75, 3.05) is 106 Å². The molecule has 0 aromatic rings. The standard InChI is InChI=1S/C42H76N4O8/c1-43(25-19-39(47)51-31-9-11-33-53-41(49)35-37-15-5-3-6-16-37)21-13-23-45-27-29-46(30-28-45)24-14-22-44(2)26-20-40(48)52-32-10-12-34-54-42(50)36-38-17-7-4-8-18-38/h37-38H,3-36H2,1-2H3. The van der Waals surface area contributed by atoms with Gasteiger partial charge in [-0.1, -0.05) is 38.5 Å². The summed E-state index contributed by atoms with van der Waals surface area (Å²) >= 11 is 0. The molecule has 3 aliphatic rings. The summed E-state index contributed by atoms with van der Waals surface area (Å²) in [6.45, 7) is 11.4. The number of unbranched alkanes of at least 4 members (excludes halogenated alkanes) is 2. The van der Waals surface area contributed by atoms with Crippen molar-refractivity contribution in [1.29, 1.82) is 0 Å². The summed E-state index contributed by atoms with van der Waals surface area (Å²) in [4.78, 5) is 57.8. The van der Waals surface area contributed by atoms with E-state index >= 15 is 0 Å². The van der Waals surface area contributed by atoms with Crippen LogP contribution >= 0.6 is 0 Å². The highest BCUT2D eigenvalue weighted by Gasteiger charge is 2.20. The number of hydrogen-bond acceptors (Lipinski definition) is 12. The van der Waals surface area contributed by atoms with Gasteiger partial charge in [0.2, 0.25) is 0 Å². The molecular formula is C42H76N4O8. The van der Waals surface area contributed by atoms with E-state index in [2.05, 4.69) is 33.7 Å². The fraction of sp³-hybridized carbons (Fsp3) is 0.905. The van der Waals surface area contributed by atoms with Crippen molar-refractivity contribution in [1.82, 2.24) is 19.6 Å². The van der Waals surface area contributed by atoms with E-state index < -0.39 is 0 Å². The van der Waals surface area contributed by atoms with Gasteiger partial charge in [0.15, 0.2) is 0 Å². The molecule has 0 amide bonds. The zero-order chi connectivity index (χ0) is 38.6. The average Bonchev–Trinajstić information content (AvgIpc) is 3.17. The highest BCUT2D eigenvalue weighted by Crippen LogP contribution is 2.27. The lowest BCUT2D eigenvalue weighted by molar-refractivity contribution is -0.147. The van der Waals surface area contributed by atoms with Crippen LogP contribution in [0.25, 0.3) is 0 Å². The summed E-state index contributed by atoms with van der Waals surface area (Å²) in [5, 5.41) is 0. The number of ether oxygens (including phenoxy) is 4. The third kappa shape index (κ3) is 22.9. The van der Waals surface area contributed by atoms with E-state index in [4.69, 9.17) is 18.9 Å². The van der Waals surface area contributed by atoms with Crippen molar-refractivity contribution in [3.05, 3.63) is 0 Å². The Bertz CT molecular complexity index is 948. The molecular weight excluding hydrogens is 688 g/mol. The maximum atomic E-state index is 12.2. The highest BCUT2D eigenvalue weighted by atomic mass is 16.5. The molecule has 0 radical (unpaired) electrons. The van der Waals surface area contributed by atoms with Crippen LogP contribution in [-0.4, -0.2) is 149 Å². The summed E-state index contributed by atoms with van der Waals surface area (Å²) in [5.41, 5.74) is 0. The molecule has 2 saturated carbocycles. The first-order chi connectivity index (χ1) is 26.3. The Kier molecular flexibility index (Phi) is 24.8. The number of carbonyl (C=O) groups excluding carboxylic acids is 4. The van der Waals surface area contributed by atoms with Gasteiger partial charge in [-0.25, -0.2) is 0 Å². The van der Waals surface area contributed by atoms with Crippen LogP contribution in [0, 0.1) is 11.8 Å². The van der Waals surface area contributed by atoms with Crippen LogP contribution in [0.3, 0.4) is 0 Å². The molecule has 1 heterocycles. The number of nitrogens with zero attached hydrogens (tertiary/aromatic N) is 4. The maximum absolute atomic E-state index is 12.2. The topological polar surface area (TPSA) is 118 Å². The Morgan fingerprint density at radius 2 is 0.796 bits per heavy atom. The minimum absolute atomic E-state index is 0.0839. The van der Waals surface area contributed by atoms with E-state index in [0.717, 1.165) is 104 Å². The van der Waals surface area contributed by atoms with Crippen molar-refractivity contribution in [2.45, 2.75) is 128 Å². The third-order valence-corrected chi connectivity index (χ3v) is 11.4. The van der Waals surface area contributed by atoms with Crippen LogP contribution in [0.5, 0.6) is 0 Å². The van der Waals surface area contributed by atoms with Crippen LogP contribution in [-0.2, 0) is 38.1 Å². The van der Waals surface area contributed by atoms with E-state index in [-0.39, 0.29) is 23.9 Å². The number of rotatable bonds is 28. The quantitative estimate of drug-likeness (QED) is 0.0553. The molecule has 0 bridgehead atoms. The van der Waals surface area contributed by atoms with Gasteiger partial charge < -0.3 is 38.5 Å². The Hall–Kier alpha value is -2.28. The molecule has 312 valence electrons. The predicted octanol–water partition coefficient (Wildman–Crippen LogP) is 5.70. The summed E-state index contributed by atoms with van der Waals surface area (Å²) in [6, 6.07) is 0. The normalized spacial score (nSPS) is 17.9. The first-order valence-corrected chi connectivity index (χ1v) is 21.7. The van der Waals surface area contributed by atoms with Crippen LogP contribution in [0.2, 0.25) is 0 Å². The van der Waals surface area contributed by atoms with E-state index in [1.807, 2.05) is 0 Å². The molecule has 54 heavy (non-hydrogen) atoms. The monoisotopic (exact) mass is 765 g/mol. The Morgan fingerprint density at radius 1 is 0.463 bits per heavy atom. The minimum Gasteiger partial charge on any atom is -0.466 e. The van der Waals surface area contributed by atoms with Gasteiger partial charge in [-0.05, 0) is 116 Å². The Labute approximate surface area is 327 Å². The molecule has 0 atom stereocenters. The lowest BCUT2D eigenvalue weighted by Crippen LogP contribution is -2.47. The molecule has 3 rings (SSSR count). The van der Waals surface area contributed by atoms with E-state index in [1.54, 1.807) is 0 Å². The second kappa shape index (κ2) is 29.0. The van der Waals surface area contributed by atoms with Gasteiger partial charge in [-0.3, -0.25) is 19.2 Å². The van der Waals surface area contributed by atoms with Gasteiger partial charge in [0.05, 0.1) is 39.3 Å². The maximum Gasteiger partial charge on any atom is 0.307 e. The van der Waals surface area contributed by atoms with Crippen molar-refractivity contribution in [3.63, 3.8) is 0 Å². The first kappa shape index (κ1) is 46.1. The van der Waals surface area contributed by atoms with Gasteiger partial charge in [0.1, 0.15) is 0 Å². The molecule has 3 fully saturated rings. The Morgan fingerprint density at radius 3 is 1.15 bits per heavy atom. The second-order valence-electron chi connectivity index (χ2n) is 16.2. The zero-order valence-electron chi connectivity index (χ0n) is 34.3. The van der Waals surface area contributed by atoms with Crippen molar-refractivity contribution in [3.8, 4) is 0 Å². The van der Waals surface area contributed by atoms with Gasteiger partial charge in [-0.2, -0.15) is 0 Å². The summed E-state index contributed by atoms with van der Waals surface area (Å²) in [7, 11) is 4.13. The summed E-state index contributed by atoms with van der Waals surface area (Å²) in [5.74, 6) is 0.506. The average molecular weight is 765 g/mol. The summed E-state index contributed by atoms with van der Waals surface area (Å²) < 4.78 is 21.5. The fourth-order valence-electron chi connectivity index (χ4n) is 7.82. The molecule has 12 nitrogen and oxygen atoms in total. The predicted molar refractivity (Wildman–Crippen MR) is 211 cm³/mol. The van der Waals surface area contributed by atoms with Crippen molar-refractivity contribution >= 4 is 23.9 Å². The molecule has 2 aliphatic carbocycles. The van der Waals surface area contributed by atoms with Gasteiger partial charge in [-0.15, -0.1) is 0 Å². The molecule has 0 spiro atoms. The number of esters is 4. The zero-order valence-corrected chi connectivity index (χ0v) is 34.3. The molecule has 12 heteroatoms. The van der Waals surface area contributed by atoms with Crippen LogP contribution in [0.4, 0.5) is 0 Å². The highest BCUT2D eigenvalue weighted by molar-refractivity contribution is 5.70. The molecule has 1 aliphatic heterocycles. The van der Waals surface area contributed by atoms with Crippen LogP contribution in [0.1, 0.15) is 128 Å². The van der Waals surface area contributed by atoms with E-state index in [9.17, 15) is 19.2 Å². The van der Waals surface area contributed by atoms with E-state index in [1.165, 1.54) is 38.5 Å².